The Morgan fingerprint density at radius 2 is 1.95 bits per heavy atom. The van der Waals surface area contributed by atoms with E-state index in [1.165, 1.54) is 24.3 Å². The molecule has 1 aromatic carbocycles. The van der Waals surface area contributed by atoms with Crippen molar-refractivity contribution >= 4 is 5.84 Å². The van der Waals surface area contributed by atoms with Crippen LogP contribution >= 0.6 is 0 Å². The Morgan fingerprint density at radius 1 is 1.35 bits per heavy atom. The summed E-state index contributed by atoms with van der Waals surface area (Å²) in [5, 5.41) is 11.4. The number of rotatable bonds is 6. The normalized spacial score (nSPS) is 12.8. The number of hydrogen-bond donors (Lipinski definition) is 2. The van der Waals surface area contributed by atoms with E-state index in [4.69, 9.17) is 10.9 Å². The van der Waals surface area contributed by atoms with Crippen molar-refractivity contribution in [2.75, 3.05) is 13.1 Å². The summed E-state index contributed by atoms with van der Waals surface area (Å²) < 4.78 is 39.8. The number of ether oxygens (including phenoxy) is 1. The minimum Gasteiger partial charge on any atom is -0.409 e. The van der Waals surface area contributed by atoms with Crippen molar-refractivity contribution < 1.29 is 23.1 Å². The third kappa shape index (κ3) is 5.79. The molecule has 0 bridgehead atoms. The van der Waals surface area contributed by atoms with Crippen LogP contribution in [0.5, 0.6) is 5.75 Å². The van der Waals surface area contributed by atoms with Gasteiger partial charge >= 0.3 is 6.36 Å². The second-order valence-electron chi connectivity index (χ2n) is 4.09. The monoisotopic (exact) mass is 291 g/mol. The van der Waals surface area contributed by atoms with Crippen LogP contribution in [0.15, 0.2) is 29.4 Å². The maximum atomic E-state index is 12.0. The largest absolute Gasteiger partial charge is 0.573 e. The predicted octanol–water partition coefficient (Wildman–Crippen LogP) is 2.15. The SMILES string of the molecule is CCN(CC(N)=NO)Cc1ccc(OC(F)(F)F)cc1. The molecule has 0 unspecified atom stereocenters. The van der Waals surface area contributed by atoms with Gasteiger partial charge in [-0.05, 0) is 24.2 Å². The highest BCUT2D eigenvalue weighted by Crippen LogP contribution is 2.23. The molecular weight excluding hydrogens is 275 g/mol. The zero-order valence-corrected chi connectivity index (χ0v) is 10.9. The Balaban J connectivity index is 2.64. The third-order valence-corrected chi connectivity index (χ3v) is 2.52. The molecule has 3 N–H and O–H groups in total. The smallest absolute Gasteiger partial charge is 0.409 e. The number of halogens is 3. The lowest BCUT2D eigenvalue weighted by molar-refractivity contribution is -0.274. The van der Waals surface area contributed by atoms with Crippen LogP contribution in [0.1, 0.15) is 12.5 Å². The Kier molecular flexibility index (Phi) is 5.63. The van der Waals surface area contributed by atoms with Gasteiger partial charge in [0.25, 0.3) is 0 Å². The molecule has 0 spiro atoms. The molecule has 0 amide bonds. The van der Waals surface area contributed by atoms with Gasteiger partial charge in [-0.1, -0.05) is 24.2 Å². The van der Waals surface area contributed by atoms with Crippen molar-refractivity contribution in [1.82, 2.24) is 4.90 Å². The van der Waals surface area contributed by atoms with Crippen LogP contribution in [-0.4, -0.2) is 35.4 Å². The van der Waals surface area contributed by atoms with Gasteiger partial charge in [-0.15, -0.1) is 13.2 Å². The molecular formula is C12H16F3N3O2. The predicted molar refractivity (Wildman–Crippen MR) is 67.5 cm³/mol. The van der Waals surface area contributed by atoms with Gasteiger partial charge in [0.05, 0.1) is 6.54 Å². The molecule has 0 radical (unpaired) electrons. The van der Waals surface area contributed by atoms with E-state index in [0.717, 1.165) is 5.56 Å². The summed E-state index contributed by atoms with van der Waals surface area (Å²) >= 11 is 0. The molecule has 1 rings (SSSR count). The second kappa shape index (κ2) is 6.99. The van der Waals surface area contributed by atoms with Gasteiger partial charge in [0.1, 0.15) is 5.75 Å². The fourth-order valence-electron chi connectivity index (χ4n) is 1.59. The number of nitrogens with two attached hydrogens (primary N) is 1. The Bertz CT molecular complexity index is 446. The van der Waals surface area contributed by atoms with Crippen LogP contribution in [0.25, 0.3) is 0 Å². The molecule has 0 aliphatic heterocycles. The van der Waals surface area contributed by atoms with Gasteiger partial charge in [-0.25, -0.2) is 0 Å². The van der Waals surface area contributed by atoms with Gasteiger partial charge in [0, 0.05) is 6.54 Å². The molecule has 8 heteroatoms. The van der Waals surface area contributed by atoms with Gasteiger partial charge in [-0.2, -0.15) is 0 Å². The van der Waals surface area contributed by atoms with E-state index in [1.807, 2.05) is 11.8 Å². The van der Waals surface area contributed by atoms with E-state index in [0.29, 0.717) is 13.1 Å². The number of hydrogen-bond acceptors (Lipinski definition) is 4. The van der Waals surface area contributed by atoms with E-state index in [-0.39, 0.29) is 18.1 Å². The first-order valence-corrected chi connectivity index (χ1v) is 5.87. The highest BCUT2D eigenvalue weighted by Gasteiger charge is 2.30. The number of likely N-dealkylation sites (N-methyl/N-ethyl adjacent to an activating group) is 1. The van der Waals surface area contributed by atoms with Gasteiger partial charge in [0.2, 0.25) is 0 Å². The van der Waals surface area contributed by atoms with Gasteiger partial charge < -0.3 is 15.7 Å². The number of benzene rings is 1. The van der Waals surface area contributed by atoms with Crippen LogP contribution < -0.4 is 10.5 Å². The minimum atomic E-state index is -4.69. The number of nitrogens with zero attached hydrogens (tertiary/aromatic N) is 2. The molecule has 0 aromatic heterocycles. The lowest BCUT2D eigenvalue weighted by atomic mass is 10.2. The summed E-state index contributed by atoms with van der Waals surface area (Å²) in [6.07, 6.45) is -4.69. The van der Waals surface area contributed by atoms with Crippen molar-refractivity contribution in [1.29, 1.82) is 0 Å². The van der Waals surface area contributed by atoms with E-state index in [9.17, 15) is 13.2 Å². The zero-order valence-electron chi connectivity index (χ0n) is 10.9. The van der Waals surface area contributed by atoms with E-state index in [2.05, 4.69) is 9.89 Å². The van der Waals surface area contributed by atoms with E-state index >= 15 is 0 Å². The highest BCUT2D eigenvalue weighted by atomic mass is 19.4. The summed E-state index contributed by atoms with van der Waals surface area (Å²) in [5.74, 6) is -0.190. The first-order chi connectivity index (χ1) is 9.34. The summed E-state index contributed by atoms with van der Waals surface area (Å²) in [4.78, 5) is 1.87. The first kappa shape index (κ1) is 16.1. The molecule has 1 aromatic rings. The van der Waals surface area contributed by atoms with Gasteiger partial charge in [-0.3, -0.25) is 4.90 Å². The summed E-state index contributed by atoms with van der Waals surface area (Å²) in [5.41, 5.74) is 6.21. The standard InChI is InChI=1S/C12H16F3N3O2/c1-2-18(8-11(16)17-19)7-9-3-5-10(6-4-9)20-12(13,14)15/h3-6,19H,2,7-8H2,1H3,(H2,16,17). The Labute approximate surface area is 114 Å². The lowest BCUT2D eigenvalue weighted by Gasteiger charge is -2.19. The van der Waals surface area contributed by atoms with Crippen LogP contribution in [-0.2, 0) is 6.54 Å². The van der Waals surface area contributed by atoms with Gasteiger partial charge in [0.15, 0.2) is 5.84 Å². The molecule has 0 aliphatic carbocycles. The van der Waals surface area contributed by atoms with Crippen LogP contribution in [0.3, 0.4) is 0 Å². The molecule has 0 heterocycles. The molecule has 0 aliphatic rings. The number of amidine groups is 1. The van der Waals surface area contributed by atoms with Crippen molar-refractivity contribution in [2.45, 2.75) is 19.8 Å². The van der Waals surface area contributed by atoms with Crippen LogP contribution in [0.4, 0.5) is 13.2 Å². The van der Waals surface area contributed by atoms with E-state index in [1.54, 1.807) is 0 Å². The fourth-order valence-corrected chi connectivity index (χ4v) is 1.59. The number of oxime groups is 1. The topological polar surface area (TPSA) is 71.1 Å². The van der Waals surface area contributed by atoms with Crippen molar-refractivity contribution in [3.05, 3.63) is 29.8 Å². The quantitative estimate of drug-likeness (QED) is 0.365. The third-order valence-electron chi connectivity index (χ3n) is 2.52. The lowest BCUT2D eigenvalue weighted by Crippen LogP contribution is -2.33. The number of alkyl halides is 3. The molecule has 20 heavy (non-hydrogen) atoms. The molecule has 5 nitrogen and oxygen atoms in total. The molecule has 0 saturated heterocycles. The summed E-state index contributed by atoms with van der Waals surface area (Å²) in [7, 11) is 0. The molecule has 0 atom stereocenters. The minimum absolute atomic E-state index is 0.0730. The molecule has 112 valence electrons. The first-order valence-electron chi connectivity index (χ1n) is 5.87. The highest BCUT2D eigenvalue weighted by molar-refractivity contribution is 5.81. The molecule has 0 fully saturated rings. The van der Waals surface area contributed by atoms with Crippen LogP contribution in [0.2, 0.25) is 0 Å². The Hall–Kier alpha value is -1.96. The van der Waals surface area contributed by atoms with Crippen molar-refractivity contribution in [2.24, 2.45) is 10.9 Å². The fraction of sp³-hybridized carbons (Fsp3) is 0.417. The summed E-state index contributed by atoms with van der Waals surface area (Å²) in [6.45, 7) is 3.29. The average molecular weight is 291 g/mol. The zero-order chi connectivity index (χ0) is 15.2. The second-order valence-corrected chi connectivity index (χ2v) is 4.09. The summed E-state index contributed by atoms with van der Waals surface area (Å²) in [6, 6.07) is 5.58. The van der Waals surface area contributed by atoms with Crippen LogP contribution in [0, 0.1) is 0 Å². The Morgan fingerprint density at radius 3 is 2.40 bits per heavy atom. The maximum absolute atomic E-state index is 12.0. The van der Waals surface area contributed by atoms with Crippen molar-refractivity contribution in [3.8, 4) is 5.75 Å². The molecule has 0 saturated carbocycles. The van der Waals surface area contributed by atoms with E-state index < -0.39 is 6.36 Å². The average Bonchev–Trinajstić information content (AvgIpc) is 2.38. The van der Waals surface area contributed by atoms with Crippen molar-refractivity contribution in [3.63, 3.8) is 0 Å². The maximum Gasteiger partial charge on any atom is 0.573 e.